The van der Waals surface area contributed by atoms with Crippen LogP contribution in [0.4, 0.5) is 5.95 Å². The van der Waals surface area contributed by atoms with Crippen molar-refractivity contribution in [3.8, 4) is 22.7 Å². The van der Waals surface area contributed by atoms with E-state index in [0.717, 1.165) is 42.3 Å². The van der Waals surface area contributed by atoms with Crippen molar-refractivity contribution in [3.63, 3.8) is 0 Å². The number of anilines is 1. The fourth-order valence-electron chi connectivity index (χ4n) is 3.80. The highest BCUT2D eigenvalue weighted by Crippen LogP contribution is 2.33. The Bertz CT molecular complexity index is 1260. The minimum atomic E-state index is -0.165. The summed E-state index contributed by atoms with van der Waals surface area (Å²) in [6.45, 7) is 3.69. The summed E-state index contributed by atoms with van der Waals surface area (Å²) in [6.07, 6.45) is 2.56. The van der Waals surface area contributed by atoms with Crippen LogP contribution in [0, 0.1) is 0 Å². The fraction of sp³-hybridized carbons (Fsp3) is 0.238. The molecular formula is C21H19ClN6O2. The van der Waals surface area contributed by atoms with Gasteiger partial charge in [-0.25, -0.2) is 0 Å². The zero-order valence-electron chi connectivity index (χ0n) is 16.2. The van der Waals surface area contributed by atoms with E-state index >= 15 is 0 Å². The molecule has 152 valence electrons. The number of pyridine rings is 1. The lowest BCUT2D eigenvalue weighted by molar-refractivity contribution is 0.412. The third-order valence-electron chi connectivity index (χ3n) is 5.34. The van der Waals surface area contributed by atoms with Crippen LogP contribution >= 0.6 is 11.6 Å². The van der Waals surface area contributed by atoms with Crippen molar-refractivity contribution in [3.05, 3.63) is 69.7 Å². The van der Waals surface area contributed by atoms with Crippen LogP contribution < -0.4 is 10.5 Å². The van der Waals surface area contributed by atoms with Crippen molar-refractivity contribution in [2.24, 2.45) is 0 Å². The smallest absolute Gasteiger partial charge is 0.248 e. The Morgan fingerprint density at radius 2 is 2.03 bits per heavy atom. The molecule has 0 radical (unpaired) electrons. The van der Waals surface area contributed by atoms with Crippen LogP contribution in [0.2, 0.25) is 5.02 Å². The van der Waals surface area contributed by atoms with Gasteiger partial charge in [-0.2, -0.15) is 0 Å². The first kappa shape index (κ1) is 18.6. The molecule has 1 aliphatic rings. The number of fused-ring (bicyclic) bond motifs is 1. The Morgan fingerprint density at radius 3 is 2.87 bits per heavy atom. The highest BCUT2D eigenvalue weighted by Gasteiger charge is 2.29. The molecule has 0 saturated heterocycles. The Balaban J connectivity index is 1.46. The molecule has 4 aromatic rings. The Morgan fingerprint density at radius 1 is 1.13 bits per heavy atom. The van der Waals surface area contributed by atoms with Crippen molar-refractivity contribution in [1.29, 1.82) is 0 Å². The van der Waals surface area contributed by atoms with Gasteiger partial charge < -0.3 is 14.4 Å². The SMILES string of the molecule is C[C@H](c1cc(-c2cccc(Cl)c2)on1)N1CCCn2c(-c3cc[nH]c(=O)c3)nnc21. The molecule has 0 fully saturated rings. The van der Waals surface area contributed by atoms with Crippen LogP contribution in [0.25, 0.3) is 22.7 Å². The molecule has 0 amide bonds. The number of H-pyrrole nitrogens is 1. The van der Waals surface area contributed by atoms with Crippen LogP contribution in [0.15, 0.2) is 58.0 Å². The Hall–Kier alpha value is -3.39. The maximum absolute atomic E-state index is 11.7. The zero-order valence-corrected chi connectivity index (χ0v) is 17.0. The average Bonchev–Trinajstić information content (AvgIpc) is 3.41. The van der Waals surface area contributed by atoms with Crippen molar-refractivity contribution < 1.29 is 4.52 Å². The lowest BCUT2D eigenvalue weighted by Gasteiger charge is -2.32. The van der Waals surface area contributed by atoms with Gasteiger partial charge in [-0.3, -0.25) is 9.36 Å². The highest BCUT2D eigenvalue weighted by atomic mass is 35.5. The second-order valence-corrected chi connectivity index (χ2v) is 7.70. The van der Waals surface area contributed by atoms with Crippen molar-refractivity contribution in [2.45, 2.75) is 25.9 Å². The van der Waals surface area contributed by atoms with E-state index < -0.39 is 0 Å². The lowest BCUT2D eigenvalue weighted by atomic mass is 10.1. The second kappa shape index (κ2) is 7.46. The lowest BCUT2D eigenvalue weighted by Crippen LogP contribution is -2.35. The predicted octanol–water partition coefficient (Wildman–Crippen LogP) is 3.91. The molecule has 0 aliphatic carbocycles. The van der Waals surface area contributed by atoms with Gasteiger partial charge in [0.15, 0.2) is 11.6 Å². The summed E-state index contributed by atoms with van der Waals surface area (Å²) in [4.78, 5) is 16.5. The quantitative estimate of drug-likeness (QED) is 0.536. The number of rotatable bonds is 4. The first-order valence-corrected chi connectivity index (χ1v) is 10.1. The van der Waals surface area contributed by atoms with Crippen LogP contribution in [0.1, 0.15) is 25.1 Å². The van der Waals surface area contributed by atoms with Gasteiger partial charge in [-0.05, 0) is 31.5 Å². The minimum absolute atomic E-state index is 0.0584. The van der Waals surface area contributed by atoms with Gasteiger partial charge in [0.05, 0.1) is 6.04 Å². The number of nitrogens with one attached hydrogen (secondary N) is 1. The summed E-state index contributed by atoms with van der Waals surface area (Å²) >= 11 is 6.09. The molecule has 0 saturated carbocycles. The van der Waals surface area contributed by atoms with E-state index in [1.165, 1.54) is 6.07 Å². The number of hydrogen-bond acceptors (Lipinski definition) is 6. The summed E-state index contributed by atoms with van der Waals surface area (Å²) < 4.78 is 7.63. The molecule has 4 heterocycles. The molecule has 1 atom stereocenters. The van der Waals surface area contributed by atoms with Crippen LogP contribution in [0.5, 0.6) is 0 Å². The number of hydrogen-bond donors (Lipinski definition) is 1. The number of benzene rings is 1. The molecule has 0 spiro atoms. The van der Waals surface area contributed by atoms with Gasteiger partial charge >= 0.3 is 0 Å². The average molecular weight is 423 g/mol. The summed E-state index contributed by atoms with van der Waals surface area (Å²) in [6, 6.07) is 12.7. The summed E-state index contributed by atoms with van der Waals surface area (Å²) in [5.41, 5.74) is 2.27. The Labute approximate surface area is 177 Å². The van der Waals surface area contributed by atoms with E-state index in [-0.39, 0.29) is 11.6 Å². The van der Waals surface area contributed by atoms with Crippen molar-refractivity contribution in [1.82, 2.24) is 24.9 Å². The Kier molecular flexibility index (Phi) is 4.63. The molecule has 9 heteroatoms. The fourth-order valence-corrected chi connectivity index (χ4v) is 3.99. The van der Waals surface area contributed by atoms with E-state index in [0.29, 0.717) is 16.6 Å². The largest absolute Gasteiger partial charge is 0.356 e. The normalized spacial score (nSPS) is 14.5. The number of halogens is 1. The van der Waals surface area contributed by atoms with E-state index in [1.54, 1.807) is 6.20 Å². The molecule has 5 rings (SSSR count). The molecule has 3 aromatic heterocycles. The van der Waals surface area contributed by atoms with E-state index in [9.17, 15) is 4.79 Å². The summed E-state index contributed by atoms with van der Waals surface area (Å²) in [7, 11) is 0. The van der Waals surface area contributed by atoms with E-state index in [1.807, 2.05) is 41.0 Å². The highest BCUT2D eigenvalue weighted by molar-refractivity contribution is 6.30. The van der Waals surface area contributed by atoms with Crippen molar-refractivity contribution in [2.75, 3.05) is 11.4 Å². The maximum atomic E-state index is 11.7. The van der Waals surface area contributed by atoms with Gasteiger partial charge in [0.25, 0.3) is 0 Å². The first-order valence-electron chi connectivity index (χ1n) is 9.71. The maximum Gasteiger partial charge on any atom is 0.248 e. The monoisotopic (exact) mass is 422 g/mol. The molecular weight excluding hydrogens is 404 g/mol. The number of nitrogens with zero attached hydrogens (tertiary/aromatic N) is 5. The van der Waals surface area contributed by atoms with E-state index in [4.69, 9.17) is 16.1 Å². The molecule has 1 aromatic carbocycles. The van der Waals surface area contributed by atoms with Gasteiger partial charge in [-0.1, -0.05) is 28.9 Å². The number of aromatic amines is 1. The molecule has 30 heavy (non-hydrogen) atoms. The van der Waals surface area contributed by atoms with Gasteiger partial charge in [-0.15, -0.1) is 10.2 Å². The minimum Gasteiger partial charge on any atom is -0.356 e. The molecule has 1 N–H and O–H groups in total. The summed E-state index contributed by atoms with van der Waals surface area (Å²) in [5.74, 6) is 2.12. The molecule has 8 nitrogen and oxygen atoms in total. The molecule has 0 unspecified atom stereocenters. The molecule has 0 bridgehead atoms. The van der Waals surface area contributed by atoms with Gasteiger partial charge in [0.1, 0.15) is 5.69 Å². The van der Waals surface area contributed by atoms with Crippen molar-refractivity contribution >= 4 is 17.5 Å². The second-order valence-electron chi connectivity index (χ2n) is 7.27. The summed E-state index contributed by atoms with van der Waals surface area (Å²) in [5, 5.41) is 13.7. The van der Waals surface area contributed by atoms with Gasteiger partial charge in [0, 0.05) is 47.6 Å². The topological polar surface area (TPSA) is 92.8 Å². The third kappa shape index (κ3) is 3.29. The predicted molar refractivity (Wildman–Crippen MR) is 113 cm³/mol. The van der Waals surface area contributed by atoms with Gasteiger partial charge in [0.2, 0.25) is 11.5 Å². The number of aromatic nitrogens is 5. The van der Waals surface area contributed by atoms with Crippen LogP contribution in [-0.2, 0) is 6.54 Å². The third-order valence-corrected chi connectivity index (χ3v) is 5.57. The standard InChI is InChI=1S/C21H19ClN6O2/c1-13(17-12-18(30-26-17)14-4-2-5-16(22)10-14)27-8-3-9-28-20(24-25-21(27)28)15-6-7-23-19(29)11-15/h2,4-7,10-13H,3,8-9H2,1H3,(H,23,29)/t13-/m1/s1. The van der Waals surface area contributed by atoms with E-state index in [2.05, 4.69) is 32.2 Å². The molecule has 1 aliphatic heterocycles. The van der Waals surface area contributed by atoms with Crippen LogP contribution in [0.3, 0.4) is 0 Å². The first-order chi connectivity index (χ1) is 14.6. The zero-order chi connectivity index (χ0) is 20.7. The van der Waals surface area contributed by atoms with Crippen LogP contribution in [-0.4, -0.2) is 31.4 Å².